The van der Waals surface area contributed by atoms with Crippen molar-refractivity contribution in [3.63, 3.8) is 0 Å². The van der Waals surface area contributed by atoms with Gasteiger partial charge in [-0.2, -0.15) is 0 Å². The van der Waals surface area contributed by atoms with E-state index in [4.69, 9.17) is 21.1 Å². The predicted octanol–water partition coefficient (Wildman–Crippen LogP) is 3.74. The highest BCUT2D eigenvalue weighted by atomic mass is 35.5. The van der Waals surface area contributed by atoms with E-state index in [1.807, 2.05) is 32.9 Å². The molecule has 2 amide bonds. The second-order valence-electron chi connectivity index (χ2n) is 8.85. The molecule has 33 heavy (non-hydrogen) atoms. The summed E-state index contributed by atoms with van der Waals surface area (Å²) in [6.45, 7) is 6.11. The molecule has 2 aromatic rings. The normalized spacial score (nSPS) is 16.2. The van der Waals surface area contributed by atoms with Gasteiger partial charge >= 0.3 is 6.03 Å². The van der Waals surface area contributed by atoms with Gasteiger partial charge in [0.2, 0.25) is 10.0 Å². The first-order valence-electron chi connectivity index (χ1n) is 10.5. The zero-order valence-corrected chi connectivity index (χ0v) is 21.0. The van der Waals surface area contributed by atoms with E-state index in [2.05, 4.69) is 10.0 Å². The van der Waals surface area contributed by atoms with Crippen LogP contribution in [0.25, 0.3) is 0 Å². The molecule has 1 heterocycles. The maximum atomic E-state index is 13.1. The van der Waals surface area contributed by atoms with Crippen molar-refractivity contribution in [2.24, 2.45) is 0 Å². The first kappa shape index (κ1) is 25.1. The first-order chi connectivity index (χ1) is 15.4. The summed E-state index contributed by atoms with van der Waals surface area (Å²) in [6.07, 6.45) is 0.605. The number of fused-ring (bicyclic) bond motifs is 1. The average molecular weight is 496 g/mol. The molecule has 180 valence electrons. The molecule has 1 unspecified atom stereocenters. The predicted molar refractivity (Wildman–Crippen MR) is 128 cm³/mol. The third-order valence-electron chi connectivity index (χ3n) is 5.34. The lowest BCUT2D eigenvalue weighted by atomic mass is 9.92. The van der Waals surface area contributed by atoms with Gasteiger partial charge in [-0.15, -0.1) is 0 Å². The molecule has 0 fully saturated rings. The van der Waals surface area contributed by atoms with Crippen LogP contribution in [0.15, 0.2) is 41.3 Å². The van der Waals surface area contributed by atoms with Gasteiger partial charge in [0, 0.05) is 23.7 Å². The van der Waals surface area contributed by atoms with E-state index in [0.717, 1.165) is 11.1 Å². The van der Waals surface area contributed by atoms with E-state index in [9.17, 15) is 13.2 Å². The lowest BCUT2D eigenvalue weighted by molar-refractivity contribution is 0.161. The van der Waals surface area contributed by atoms with Gasteiger partial charge in [-0.3, -0.25) is 0 Å². The van der Waals surface area contributed by atoms with Crippen LogP contribution >= 0.6 is 11.6 Å². The number of methoxy groups -OCH3 is 2. The van der Waals surface area contributed by atoms with Crippen molar-refractivity contribution in [3.8, 4) is 11.5 Å². The SMILES string of the molecule is COc1cc2c(cc1OC)C(CNS(=O)(=O)c1ccc(Cl)cc1)N(C(=O)NC(C)(C)C)CC2. The number of carbonyl (C=O) groups is 1. The molecule has 0 saturated carbocycles. The molecule has 1 aliphatic heterocycles. The molecular weight excluding hydrogens is 466 g/mol. The van der Waals surface area contributed by atoms with Crippen molar-refractivity contribution in [1.82, 2.24) is 14.9 Å². The minimum atomic E-state index is -3.81. The Morgan fingerprint density at radius 3 is 2.30 bits per heavy atom. The van der Waals surface area contributed by atoms with Crippen LogP contribution in [0.4, 0.5) is 4.79 Å². The highest BCUT2D eigenvalue weighted by molar-refractivity contribution is 7.89. The fourth-order valence-corrected chi connectivity index (χ4v) is 4.93. The second-order valence-corrected chi connectivity index (χ2v) is 11.1. The Kier molecular flexibility index (Phi) is 7.45. The van der Waals surface area contributed by atoms with Crippen LogP contribution in [0.3, 0.4) is 0 Å². The highest BCUT2D eigenvalue weighted by Crippen LogP contribution is 2.38. The van der Waals surface area contributed by atoms with E-state index in [0.29, 0.717) is 29.5 Å². The number of amides is 2. The lowest BCUT2D eigenvalue weighted by Gasteiger charge is -2.39. The Hall–Kier alpha value is -2.49. The Morgan fingerprint density at radius 2 is 1.73 bits per heavy atom. The van der Waals surface area contributed by atoms with E-state index in [-0.39, 0.29) is 17.5 Å². The van der Waals surface area contributed by atoms with Gasteiger partial charge in [0.25, 0.3) is 0 Å². The summed E-state index contributed by atoms with van der Waals surface area (Å²) >= 11 is 5.89. The molecule has 10 heteroatoms. The zero-order chi connectivity index (χ0) is 24.4. The standard InChI is InChI=1S/C23H30ClN3O5S/c1-23(2,3)26-22(28)27-11-10-15-12-20(31-4)21(32-5)13-18(15)19(27)14-25-33(29,30)17-8-6-16(24)7-9-17/h6-9,12-13,19,25H,10-11,14H2,1-5H3,(H,26,28). The van der Waals surface area contributed by atoms with Crippen LogP contribution in [0, 0.1) is 0 Å². The summed E-state index contributed by atoms with van der Waals surface area (Å²) in [5, 5.41) is 3.42. The molecule has 0 radical (unpaired) electrons. The Balaban J connectivity index is 1.97. The number of urea groups is 1. The van der Waals surface area contributed by atoms with Gasteiger partial charge in [0.05, 0.1) is 25.2 Å². The van der Waals surface area contributed by atoms with E-state index >= 15 is 0 Å². The minimum absolute atomic E-state index is 0.00892. The molecule has 0 bridgehead atoms. The van der Waals surface area contributed by atoms with Gasteiger partial charge in [-0.25, -0.2) is 17.9 Å². The van der Waals surface area contributed by atoms with Gasteiger partial charge < -0.3 is 19.7 Å². The largest absolute Gasteiger partial charge is 0.493 e. The van der Waals surface area contributed by atoms with Crippen LogP contribution in [-0.2, 0) is 16.4 Å². The van der Waals surface area contributed by atoms with Crippen molar-refractivity contribution >= 4 is 27.7 Å². The number of ether oxygens (including phenoxy) is 2. The number of carbonyl (C=O) groups excluding carboxylic acids is 1. The van der Waals surface area contributed by atoms with Crippen LogP contribution < -0.4 is 19.5 Å². The van der Waals surface area contributed by atoms with Gasteiger partial charge in [-0.1, -0.05) is 11.6 Å². The number of nitrogens with zero attached hydrogens (tertiary/aromatic N) is 1. The lowest BCUT2D eigenvalue weighted by Crippen LogP contribution is -2.53. The smallest absolute Gasteiger partial charge is 0.318 e. The summed E-state index contributed by atoms with van der Waals surface area (Å²) < 4.78 is 39.3. The fraction of sp³-hybridized carbons (Fsp3) is 0.435. The number of hydrogen-bond donors (Lipinski definition) is 2. The molecule has 0 aliphatic carbocycles. The van der Waals surface area contributed by atoms with Crippen molar-refractivity contribution in [2.75, 3.05) is 27.3 Å². The molecular formula is C23H30ClN3O5S. The fourth-order valence-electron chi connectivity index (χ4n) is 3.77. The first-order valence-corrected chi connectivity index (χ1v) is 12.4. The summed E-state index contributed by atoms with van der Waals surface area (Å²) in [6, 6.07) is 8.81. The third kappa shape index (κ3) is 5.90. The molecule has 2 N–H and O–H groups in total. The Morgan fingerprint density at radius 1 is 1.12 bits per heavy atom. The molecule has 0 aromatic heterocycles. The number of nitrogens with one attached hydrogen (secondary N) is 2. The number of rotatable bonds is 6. The summed E-state index contributed by atoms with van der Waals surface area (Å²) in [5.74, 6) is 1.10. The molecule has 0 saturated heterocycles. The molecule has 0 spiro atoms. The monoisotopic (exact) mass is 495 g/mol. The quantitative estimate of drug-likeness (QED) is 0.636. The number of hydrogen-bond acceptors (Lipinski definition) is 5. The van der Waals surface area contributed by atoms with Crippen molar-refractivity contribution in [3.05, 3.63) is 52.5 Å². The summed E-state index contributed by atoms with van der Waals surface area (Å²) in [7, 11) is -0.714. The Labute approximate surface area is 200 Å². The van der Waals surface area contributed by atoms with Crippen molar-refractivity contribution < 1.29 is 22.7 Å². The average Bonchev–Trinajstić information content (AvgIpc) is 2.75. The van der Waals surface area contributed by atoms with Gasteiger partial charge in [0.1, 0.15) is 0 Å². The van der Waals surface area contributed by atoms with Crippen molar-refractivity contribution in [1.29, 1.82) is 0 Å². The number of halogens is 1. The van der Waals surface area contributed by atoms with E-state index in [1.54, 1.807) is 12.0 Å². The van der Waals surface area contributed by atoms with E-state index in [1.165, 1.54) is 31.4 Å². The van der Waals surface area contributed by atoms with Gasteiger partial charge in [-0.05, 0) is 74.7 Å². The molecule has 2 aromatic carbocycles. The topological polar surface area (TPSA) is 97.0 Å². The van der Waals surface area contributed by atoms with Crippen LogP contribution in [-0.4, -0.2) is 52.2 Å². The zero-order valence-electron chi connectivity index (χ0n) is 19.4. The highest BCUT2D eigenvalue weighted by Gasteiger charge is 2.34. The maximum absolute atomic E-state index is 13.1. The number of benzene rings is 2. The third-order valence-corrected chi connectivity index (χ3v) is 7.03. The van der Waals surface area contributed by atoms with Crippen molar-refractivity contribution in [2.45, 2.75) is 43.7 Å². The van der Waals surface area contributed by atoms with Crippen LogP contribution in [0.5, 0.6) is 11.5 Å². The minimum Gasteiger partial charge on any atom is -0.493 e. The molecule has 3 rings (SSSR count). The van der Waals surface area contributed by atoms with E-state index < -0.39 is 21.6 Å². The maximum Gasteiger partial charge on any atom is 0.318 e. The van der Waals surface area contributed by atoms with Crippen LogP contribution in [0.1, 0.15) is 37.9 Å². The molecule has 8 nitrogen and oxygen atoms in total. The number of sulfonamides is 1. The van der Waals surface area contributed by atoms with Crippen LogP contribution in [0.2, 0.25) is 5.02 Å². The summed E-state index contributed by atoms with van der Waals surface area (Å²) in [5.41, 5.74) is 1.34. The Bertz CT molecular complexity index is 1110. The molecule has 1 atom stereocenters. The second kappa shape index (κ2) is 9.79. The van der Waals surface area contributed by atoms with Gasteiger partial charge in [0.15, 0.2) is 11.5 Å². The molecule has 1 aliphatic rings. The summed E-state index contributed by atoms with van der Waals surface area (Å²) in [4.78, 5) is 14.9.